The highest BCUT2D eigenvalue weighted by Gasteiger charge is 2.35. The van der Waals surface area contributed by atoms with Crippen LogP contribution in [0.5, 0.6) is 0 Å². The minimum atomic E-state index is 0.268. The zero-order valence-corrected chi connectivity index (χ0v) is 10.5. The van der Waals surface area contributed by atoms with Crippen LogP contribution in [0.3, 0.4) is 0 Å². The summed E-state index contributed by atoms with van der Waals surface area (Å²) in [7, 11) is 0. The number of fused-ring (bicyclic) bond motifs is 2. The maximum Gasteiger partial charge on any atom is 0.0326 e. The summed E-state index contributed by atoms with van der Waals surface area (Å²) in [5, 5.41) is 3.69. The third-order valence-electron chi connectivity index (χ3n) is 4.15. The van der Waals surface area contributed by atoms with Crippen molar-refractivity contribution >= 4 is 0 Å². The number of piperidine rings is 1. The number of benzene rings is 1. The highest BCUT2D eigenvalue weighted by Crippen LogP contribution is 2.45. The van der Waals surface area contributed by atoms with Gasteiger partial charge in [-0.3, -0.25) is 0 Å². The fourth-order valence-electron chi connectivity index (χ4n) is 3.35. The van der Waals surface area contributed by atoms with Crippen LogP contribution in [0, 0.1) is 0 Å². The molecule has 2 heterocycles. The van der Waals surface area contributed by atoms with Crippen molar-refractivity contribution in [1.82, 2.24) is 5.32 Å². The fraction of sp³-hybridized carbons (Fsp3) is 0.600. The van der Waals surface area contributed by atoms with Gasteiger partial charge in [-0.2, -0.15) is 0 Å². The van der Waals surface area contributed by atoms with Gasteiger partial charge in [0.2, 0.25) is 0 Å². The Morgan fingerprint density at radius 3 is 2.62 bits per heavy atom. The van der Waals surface area contributed by atoms with Crippen LogP contribution in [0.4, 0.5) is 0 Å². The summed E-state index contributed by atoms with van der Waals surface area (Å²) in [6.45, 7) is 8.16. The Kier molecular flexibility index (Phi) is 2.16. The standard InChI is InChI=1S/C15H21N/c1-15(2,3)12-6-4-5-11-10-7-8-13(14(11)12)16-9-10/h4-6,10,13,16H,7-9H2,1-3H3/t10-,13-/m0/s1. The lowest BCUT2D eigenvalue weighted by molar-refractivity contribution is 0.331. The topological polar surface area (TPSA) is 12.0 Å². The van der Waals surface area contributed by atoms with Gasteiger partial charge in [0, 0.05) is 12.6 Å². The molecule has 0 spiro atoms. The van der Waals surface area contributed by atoms with E-state index in [9.17, 15) is 0 Å². The van der Waals surface area contributed by atoms with E-state index in [1.54, 1.807) is 16.7 Å². The van der Waals surface area contributed by atoms with Gasteiger partial charge in [-0.05, 0) is 40.9 Å². The van der Waals surface area contributed by atoms with Crippen molar-refractivity contribution in [2.24, 2.45) is 0 Å². The first-order valence-corrected chi connectivity index (χ1v) is 6.44. The molecule has 1 N–H and O–H groups in total. The Balaban J connectivity index is 2.20. The van der Waals surface area contributed by atoms with E-state index < -0.39 is 0 Å². The molecule has 1 aromatic carbocycles. The van der Waals surface area contributed by atoms with Crippen molar-refractivity contribution in [3.05, 3.63) is 34.9 Å². The Hall–Kier alpha value is -0.820. The first-order valence-electron chi connectivity index (χ1n) is 6.44. The van der Waals surface area contributed by atoms with E-state index in [-0.39, 0.29) is 5.41 Å². The van der Waals surface area contributed by atoms with Gasteiger partial charge in [-0.15, -0.1) is 0 Å². The smallest absolute Gasteiger partial charge is 0.0326 e. The second kappa shape index (κ2) is 3.33. The van der Waals surface area contributed by atoms with Crippen LogP contribution >= 0.6 is 0 Å². The predicted molar refractivity (Wildman–Crippen MR) is 67.9 cm³/mol. The zero-order chi connectivity index (χ0) is 11.3. The Morgan fingerprint density at radius 1 is 1.19 bits per heavy atom. The maximum atomic E-state index is 3.69. The normalized spacial score (nSPS) is 27.9. The lowest BCUT2D eigenvalue weighted by atomic mass is 9.70. The van der Waals surface area contributed by atoms with Gasteiger partial charge in [-0.1, -0.05) is 39.0 Å². The minimum absolute atomic E-state index is 0.268. The van der Waals surface area contributed by atoms with Crippen molar-refractivity contribution in [3.8, 4) is 0 Å². The first-order chi connectivity index (χ1) is 7.57. The minimum Gasteiger partial charge on any atom is -0.309 e. The van der Waals surface area contributed by atoms with Crippen LogP contribution in [0.25, 0.3) is 0 Å². The van der Waals surface area contributed by atoms with Crippen LogP contribution < -0.4 is 5.32 Å². The molecule has 0 unspecified atom stereocenters. The lowest BCUT2D eigenvalue weighted by Gasteiger charge is -2.42. The Labute approximate surface area is 98.3 Å². The van der Waals surface area contributed by atoms with E-state index in [2.05, 4.69) is 44.3 Å². The summed E-state index contributed by atoms with van der Waals surface area (Å²) in [5.74, 6) is 0.766. The van der Waals surface area contributed by atoms with Crippen molar-refractivity contribution in [1.29, 1.82) is 0 Å². The average Bonchev–Trinajstić information content (AvgIpc) is 2.29. The Bertz CT molecular complexity index is 406. The molecular formula is C15H21N. The van der Waals surface area contributed by atoms with Crippen LogP contribution in [0.1, 0.15) is 62.3 Å². The monoisotopic (exact) mass is 215 g/mol. The van der Waals surface area contributed by atoms with Crippen LogP contribution in [-0.2, 0) is 5.41 Å². The SMILES string of the molecule is CC(C)(C)c1cccc2c1[C@@H]1CC[C@H]2CN1. The van der Waals surface area contributed by atoms with Crippen molar-refractivity contribution in [3.63, 3.8) is 0 Å². The van der Waals surface area contributed by atoms with Crippen molar-refractivity contribution in [2.45, 2.75) is 51.0 Å². The first kappa shape index (κ1) is 10.3. The van der Waals surface area contributed by atoms with Gasteiger partial charge in [0.25, 0.3) is 0 Å². The average molecular weight is 215 g/mol. The molecule has 0 amide bonds. The second-order valence-corrected chi connectivity index (χ2v) is 6.29. The molecule has 1 nitrogen and oxygen atoms in total. The number of hydrogen-bond donors (Lipinski definition) is 1. The van der Waals surface area contributed by atoms with Gasteiger partial charge in [-0.25, -0.2) is 0 Å². The molecule has 16 heavy (non-hydrogen) atoms. The van der Waals surface area contributed by atoms with E-state index in [0.717, 1.165) is 5.92 Å². The van der Waals surface area contributed by atoms with Gasteiger partial charge < -0.3 is 5.32 Å². The molecular weight excluding hydrogens is 194 g/mol. The van der Waals surface area contributed by atoms with Gasteiger partial charge in [0.1, 0.15) is 0 Å². The van der Waals surface area contributed by atoms with Gasteiger partial charge in [0.05, 0.1) is 0 Å². The number of rotatable bonds is 0. The number of nitrogens with one attached hydrogen (secondary N) is 1. The van der Waals surface area contributed by atoms with Gasteiger partial charge >= 0.3 is 0 Å². The molecule has 1 aromatic rings. The highest BCUT2D eigenvalue weighted by molar-refractivity contribution is 5.46. The summed E-state index contributed by atoms with van der Waals surface area (Å²) < 4.78 is 0. The van der Waals surface area contributed by atoms with E-state index in [1.165, 1.54) is 19.4 Å². The molecule has 1 saturated heterocycles. The third-order valence-corrected chi connectivity index (χ3v) is 4.15. The van der Waals surface area contributed by atoms with Crippen LogP contribution in [0.2, 0.25) is 0 Å². The summed E-state index contributed by atoms with van der Waals surface area (Å²) in [5.41, 5.74) is 5.07. The molecule has 1 fully saturated rings. The second-order valence-electron chi connectivity index (χ2n) is 6.29. The van der Waals surface area contributed by atoms with E-state index in [1.807, 2.05) is 0 Å². The lowest BCUT2D eigenvalue weighted by Crippen LogP contribution is -2.40. The molecule has 2 atom stereocenters. The van der Waals surface area contributed by atoms with E-state index in [4.69, 9.17) is 0 Å². The van der Waals surface area contributed by atoms with E-state index in [0.29, 0.717) is 6.04 Å². The molecule has 86 valence electrons. The van der Waals surface area contributed by atoms with Crippen molar-refractivity contribution in [2.75, 3.05) is 6.54 Å². The van der Waals surface area contributed by atoms with Crippen LogP contribution in [-0.4, -0.2) is 6.54 Å². The molecule has 0 saturated carbocycles. The van der Waals surface area contributed by atoms with Crippen molar-refractivity contribution < 1.29 is 0 Å². The fourth-order valence-corrected chi connectivity index (χ4v) is 3.35. The Morgan fingerprint density at radius 2 is 2.00 bits per heavy atom. The zero-order valence-electron chi connectivity index (χ0n) is 10.5. The molecule has 2 aliphatic heterocycles. The summed E-state index contributed by atoms with van der Waals surface area (Å²) in [6, 6.07) is 7.54. The van der Waals surface area contributed by atoms with Crippen LogP contribution in [0.15, 0.2) is 18.2 Å². The molecule has 3 aliphatic rings. The molecule has 4 rings (SSSR count). The maximum absolute atomic E-state index is 3.69. The molecule has 1 aliphatic carbocycles. The highest BCUT2D eigenvalue weighted by atomic mass is 14.9. The third kappa shape index (κ3) is 1.41. The molecule has 0 radical (unpaired) electrons. The summed E-state index contributed by atoms with van der Waals surface area (Å²) in [6.07, 6.45) is 2.70. The molecule has 1 heteroatoms. The largest absolute Gasteiger partial charge is 0.309 e. The summed E-state index contributed by atoms with van der Waals surface area (Å²) >= 11 is 0. The van der Waals surface area contributed by atoms with E-state index >= 15 is 0 Å². The molecule has 2 bridgehead atoms. The predicted octanol–water partition coefficient (Wildman–Crippen LogP) is 3.51. The summed E-state index contributed by atoms with van der Waals surface area (Å²) in [4.78, 5) is 0. The molecule has 0 aromatic heterocycles. The quantitative estimate of drug-likeness (QED) is 0.698. The number of hydrogen-bond acceptors (Lipinski definition) is 1. The van der Waals surface area contributed by atoms with Gasteiger partial charge in [0.15, 0.2) is 0 Å².